The second kappa shape index (κ2) is 6.18. The van der Waals surface area contributed by atoms with Gasteiger partial charge in [-0.15, -0.1) is 0 Å². The Morgan fingerprint density at radius 2 is 1.71 bits per heavy atom. The Morgan fingerprint density at radius 1 is 1.12 bits per heavy atom. The van der Waals surface area contributed by atoms with Gasteiger partial charge in [0.2, 0.25) is 0 Å². The highest BCUT2D eigenvalue weighted by atomic mass is 16.5. The van der Waals surface area contributed by atoms with Crippen LogP contribution in [-0.2, 0) is 4.74 Å². The molecule has 0 radical (unpaired) electrons. The third kappa shape index (κ3) is 4.88. The first-order valence-electron chi connectivity index (χ1n) is 6.22. The van der Waals surface area contributed by atoms with E-state index in [1.54, 1.807) is 0 Å². The van der Waals surface area contributed by atoms with Gasteiger partial charge in [-0.25, -0.2) is 0 Å². The molecule has 0 N–H and O–H groups in total. The topological polar surface area (TPSA) is 12.5 Å². The van der Waals surface area contributed by atoms with E-state index in [2.05, 4.69) is 64.0 Å². The molecule has 1 aromatic rings. The van der Waals surface area contributed by atoms with Gasteiger partial charge in [0, 0.05) is 6.54 Å². The molecule has 2 nitrogen and oxygen atoms in total. The predicted molar refractivity (Wildman–Crippen MR) is 73.1 cm³/mol. The quantitative estimate of drug-likeness (QED) is 0.776. The molecular formula is C15H25NO. The minimum atomic E-state index is 0.119. The van der Waals surface area contributed by atoms with Crippen LogP contribution in [0.3, 0.4) is 0 Å². The molecule has 0 heterocycles. The summed E-state index contributed by atoms with van der Waals surface area (Å²) < 4.78 is 6.06. The van der Waals surface area contributed by atoms with Crippen LogP contribution < -0.4 is 0 Å². The Labute approximate surface area is 106 Å². The summed E-state index contributed by atoms with van der Waals surface area (Å²) in [6.07, 6.45) is 0.156. The molecule has 0 bridgehead atoms. The number of hydrogen-bond donors (Lipinski definition) is 0. The van der Waals surface area contributed by atoms with Gasteiger partial charge in [-0.2, -0.15) is 0 Å². The summed E-state index contributed by atoms with van der Waals surface area (Å²) in [7, 11) is 4.13. The lowest BCUT2D eigenvalue weighted by molar-refractivity contribution is -0.0245. The molecule has 0 fully saturated rings. The highest BCUT2D eigenvalue weighted by Gasteiger charge is 2.26. The lowest BCUT2D eigenvalue weighted by atomic mass is 9.84. The molecule has 0 aliphatic carbocycles. The molecular weight excluding hydrogens is 210 g/mol. The van der Waals surface area contributed by atoms with Gasteiger partial charge in [-0.3, -0.25) is 0 Å². The number of hydrogen-bond acceptors (Lipinski definition) is 2. The maximum absolute atomic E-state index is 6.06. The minimum absolute atomic E-state index is 0.119. The number of benzene rings is 1. The fourth-order valence-electron chi connectivity index (χ4n) is 1.83. The van der Waals surface area contributed by atoms with Gasteiger partial charge >= 0.3 is 0 Å². The SMILES string of the molecule is CN(C)CCOC(c1ccccc1)C(C)(C)C. The lowest BCUT2D eigenvalue weighted by Gasteiger charge is -2.31. The average Bonchev–Trinajstić information content (AvgIpc) is 2.23. The zero-order chi connectivity index (χ0) is 12.9. The van der Waals surface area contributed by atoms with Crippen LogP contribution in [0.25, 0.3) is 0 Å². The van der Waals surface area contributed by atoms with Gasteiger partial charge in [-0.05, 0) is 25.1 Å². The van der Waals surface area contributed by atoms with Gasteiger partial charge < -0.3 is 9.64 Å². The Balaban J connectivity index is 2.69. The van der Waals surface area contributed by atoms with E-state index in [0.717, 1.165) is 13.2 Å². The first kappa shape index (κ1) is 14.2. The average molecular weight is 235 g/mol. The molecule has 0 amide bonds. The van der Waals surface area contributed by atoms with Crippen LogP contribution >= 0.6 is 0 Å². The molecule has 0 saturated heterocycles. The Bertz CT molecular complexity index is 313. The van der Waals surface area contributed by atoms with Crippen molar-refractivity contribution in [2.45, 2.75) is 26.9 Å². The monoisotopic (exact) mass is 235 g/mol. The molecule has 0 aromatic heterocycles. The molecule has 1 atom stereocenters. The second-order valence-electron chi connectivity index (χ2n) is 5.83. The molecule has 96 valence electrons. The van der Waals surface area contributed by atoms with Crippen LogP contribution in [0.1, 0.15) is 32.4 Å². The van der Waals surface area contributed by atoms with Gasteiger partial charge in [0.05, 0.1) is 12.7 Å². The molecule has 17 heavy (non-hydrogen) atoms. The summed E-state index contributed by atoms with van der Waals surface area (Å²) >= 11 is 0. The maximum Gasteiger partial charge on any atom is 0.0873 e. The third-order valence-corrected chi connectivity index (χ3v) is 2.71. The molecule has 0 spiro atoms. The van der Waals surface area contributed by atoms with Crippen molar-refractivity contribution in [2.24, 2.45) is 5.41 Å². The van der Waals surface area contributed by atoms with Crippen LogP contribution in [0, 0.1) is 5.41 Å². The van der Waals surface area contributed by atoms with E-state index in [-0.39, 0.29) is 11.5 Å². The Kier molecular flexibility index (Phi) is 5.16. The summed E-state index contributed by atoms with van der Waals surface area (Å²) in [6.45, 7) is 8.39. The van der Waals surface area contributed by atoms with Crippen LogP contribution in [-0.4, -0.2) is 32.1 Å². The molecule has 0 aliphatic heterocycles. The zero-order valence-electron chi connectivity index (χ0n) is 11.7. The molecule has 0 aliphatic rings. The first-order valence-corrected chi connectivity index (χ1v) is 6.22. The van der Waals surface area contributed by atoms with Crippen molar-refractivity contribution in [3.05, 3.63) is 35.9 Å². The van der Waals surface area contributed by atoms with Crippen molar-refractivity contribution >= 4 is 0 Å². The summed E-state index contributed by atoms with van der Waals surface area (Å²) in [5.74, 6) is 0. The first-order chi connectivity index (χ1) is 7.91. The van der Waals surface area contributed by atoms with E-state index in [1.165, 1.54) is 5.56 Å². The molecule has 0 saturated carbocycles. The van der Waals surface area contributed by atoms with Crippen LogP contribution in [0.2, 0.25) is 0 Å². The summed E-state index contributed by atoms with van der Waals surface area (Å²) in [6, 6.07) is 10.5. The van der Waals surface area contributed by atoms with E-state index in [0.29, 0.717) is 0 Å². The highest BCUT2D eigenvalue weighted by molar-refractivity contribution is 5.19. The normalized spacial score (nSPS) is 14.0. The van der Waals surface area contributed by atoms with Crippen molar-refractivity contribution in [3.63, 3.8) is 0 Å². The minimum Gasteiger partial charge on any atom is -0.372 e. The lowest BCUT2D eigenvalue weighted by Crippen LogP contribution is -2.25. The molecule has 1 aromatic carbocycles. The van der Waals surface area contributed by atoms with Crippen molar-refractivity contribution in [3.8, 4) is 0 Å². The Hall–Kier alpha value is -0.860. The number of ether oxygens (including phenoxy) is 1. The van der Waals surface area contributed by atoms with Crippen molar-refractivity contribution in [1.82, 2.24) is 4.90 Å². The van der Waals surface area contributed by atoms with E-state index in [4.69, 9.17) is 4.74 Å². The van der Waals surface area contributed by atoms with Crippen LogP contribution in [0.4, 0.5) is 0 Å². The fraction of sp³-hybridized carbons (Fsp3) is 0.600. The van der Waals surface area contributed by atoms with Gasteiger partial charge in [0.25, 0.3) is 0 Å². The largest absolute Gasteiger partial charge is 0.372 e. The van der Waals surface area contributed by atoms with E-state index in [9.17, 15) is 0 Å². The Morgan fingerprint density at radius 3 is 2.18 bits per heavy atom. The van der Waals surface area contributed by atoms with E-state index >= 15 is 0 Å². The summed E-state index contributed by atoms with van der Waals surface area (Å²) in [5, 5.41) is 0. The maximum atomic E-state index is 6.06. The standard InChI is InChI=1S/C15H25NO/c1-15(2,3)14(17-12-11-16(4)5)13-9-7-6-8-10-13/h6-10,14H,11-12H2,1-5H3. The van der Waals surface area contributed by atoms with Crippen molar-refractivity contribution < 1.29 is 4.74 Å². The van der Waals surface area contributed by atoms with Crippen LogP contribution in [0.5, 0.6) is 0 Å². The fourth-order valence-corrected chi connectivity index (χ4v) is 1.83. The third-order valence-electron chi connectivity index (χ3n) is 2.71. The van der Waals surface area contributed by atoms with Crippen molar-refractivity contribution in [2.75, 3.05) is 27.2 Å². The summed E-state index contributed by atoms with van der Waals surface area (Å²) in [4.78, 5) is 2.14. The van der Waals surface area contributed by atoms with E-state index < -0.39 is 0 Å². The number of nitrogens with zero attached hydrogens (tertiary/aromatic N) is 1. The predicted octanol–water partition coefficient (Wildman–Crippen LogP) is 3.35. The van der Waals surface area contributed by atoms with Crippen molar-refractivity contribution in [1.29, 1.82) is 0 Å². The number of likely N-dealkylation sites (N-methyl/N-ethyl adjacent to an activating group) is 1. The van der Waals surface area contributed by atoms with Gasteiger partial charge in [-0.1, -0.05) is 51.1 Å². The smallest absolute Gasteiger partial charge is 0.0873 e. The zero-order valence-corrected chi connectivity index (χ0v) is 11.7. The number of rotatable bonds is 5. The molecule has 1 unspecified atom stereocenters. The van der Waals surface area contributed by atoms with Crippen LogP contribution in [0.15, 0.2) is 30.3 Å². The van der Waals surface area contributed by atoms with Gasteiger partial charge in [0.1, 0.15) is 0 Å². The van der Waals surface area contributed by atoms with E-state index in [1.807, 2.05) is 6.07 Å². The molecule has 1 rings (SSSR count). The van der Waals surface area contributed by atoms with Gasteiger partial charge in [0.15, 0.2) is 0 Å². The highest BCUT2D eigenvalue weighted by Crippen LogP contribution is 2.35. The second-order valence-corrected chi connectivity index (χ2v) is 5.83. The molecule has 2 heteroatoms. The summed E-state index contributed by atoms with van der Waals surface area (Å²) in [5.41, 5.74) is 1.38.